The van der Waals surface area contributed by atoms with Crippen molar-refractivity contribution in [3.63, 3.8) is 0 Å². The predicted molar refractivity (Wildman–Crippen MR) is 66.4 cm³/mol. The molecule has 16 heavy (non-hydrogen) atoms. The van der Waals surface area contributed by atoms with E-state index in [2.05, 4.69) is 33.3 Å². The fraction of sp³-hybridized carbons (Fsp3) is 0.364. The SMILES string of the molecule is Cc1c(N[C@H](C)c2ccc(Br)o2)cnn1C. The van der Waals surface area contributed by atoms with Gasteiger partial charge in [0.05, 0.1) is 23.6 Å². The summed E-state index contributed by atoms with van der Waals surface area (Å²) in [5, 5.41) is 7.55. The lowest BCUT2D eigenvalue weighted by atomic mass is 10.2. The van der Waals surface area contributed by atoms with E-state index < -0.39 is 0 Å². The molecule has 0 radical (unpaired) electrons. The fourth-order valence-corrected chi connectivity index (χ4v) is 1.82. The number of halogens is 1. The molecule has 0 saturated heterocycles. The van der Waals surface area contributed by atoms with Crippen LogP contribution in [-0.4, -0.2) is 9.78 Å². The van der Waals surface area contributed by atoms with Gasteiger partial charge in [0.2, 0.25) is 0 Å². The van der Waals surface area contributed by atoms with E-state index in [-0.39, 0.29) is 6.04 Å². The van der Waals surface area contributed by atoms with Crippen molar-refractivity contribution in [2.45, 2.75) is 19.9 Å². The monoisotopic (exact) mass is 283 g/mol. The average Bonchev–Trinajstić information content (AvgIpc) is 2.79. The summed E-state index contributed by atoms with van der Waals surface area (Å²) in [5.41, 5.74) is 2.14. The molecule has 2 aromatic heterocycles. The number of anilines is 1. The molecule has 1 N–H and O–H groups in total. The molecule has 0 aliphatic heterocycles. The lowest BCUT2D eigenvalue weighted by molar-refractivity contribution is 0.471. The van der Waals surface area contributed by atoms with Gasteiger partial charge >= 0.3 is 0 Å². The number of hydrogen-bond acceptors (Lipinski definition) is 3. The summed E-state index contributed by atoms with van der Waals surface area (Å²) in [4.78, 5) is 0. The van der Waals surface area contributed by atoms with Crippen LogP contribution < -0.4 is 5.32 Å². The van der Waals surface area contributed by atoms with Crippen molar-refractivity contribution in [1.29, 1.82) is 0 Å². The molecule has 0 bridgehead atoms. The van der Waals surface area contributed by atoms with Gasteiger partial charge in [-0.15, -0.1) is 0 Å². The van der Waals surface area contributed by atoms with Gasteiger partial charge in [0.15, 0.2) is 4.67 Å². The van der Waals surface area contributed by atoms with Gasteiger partial charge in [0.25, 0.3) is 0 Å². The predicted octanol–water partition coefficient (Wildman–Crippen LogP) is 3.26. The van der Waals surface area contributed by atoms with E-state index in [1.54, 1.807) is 0 Å². The smallest absolute Gasteiger partial charge is 0.169 e. The lowest BCUT2D eigenvalue weighted by Crippen LogP contribution is -2.06. The molecule has 0 aliphatic rings. The van der Waals surface area contributed by atoms with E-state index in [1.165, 1.54) is 0 Å². The first kappa shape index (κ1) is 11.3. The average molecular weight is 284 g/mol. The number of hydrogen-bond donors (Lipinski definition) is 1. The molecule has 2 aromatic rings. The highest BCUT2D eigenvalue weighted by atomic mass is 79.9. The van der Waals surface area contributed by atoms with Crippen molar-refractivity contribution < 1.29 is 4.42 Å². The number of rotatable bonds is 3. The number of aromatic nitrogens is 2. The van der Waals surface area contributed by atoms with Crippen molar-refractivity contribution >= 4 is 21.6 Å². The second-order valence-corrected chi connectivity index (χ2v) is 4.56. The van der Waals surface area contributed by atoms with Crippen molar-refractivity contribution in [2.24, 2.45) is 7.05 Å². The Hall–Kier alpha value is -1.23. The van der Waals surface area contributed by atoms with E-state index in [1.807, 2.05) is 37.0 Å². The maximum absolute atomic E-state index is 5.49. The Morgan fingerprint density at radius 2 is 2.25 bits per heavy atom. The van der Waals surface area contributed by atoms with Crippen LogP contribution in [-0.2, 0) is 7.05 Å². The van der Waals surface area contributed by atoms with Gasteiger partial charge in [-0.2, -0.15) is 5.10 Å². The summed E-state index contributed by atoms with van der Waals surface area (Å²) in [6.45, 7) is 4.08. The lowest BCUT2D eigenvalue weighted by Gasteiger charge is -2.11. The zero-order valence-corrected chi connectivity index (χ0v) is 11.1. The largest absolute Gasteiger partial charge is 0.452 e. The van der Waals surface area contributed by atoms with Gasteiger partial charge in [-0.3, -0.25) is 4.68 Å². The number of furan rings is 1. The molecule has 0 aliphatic carbocycles. The van der Waals surface area contributed by atoms with Crippen molar-refractivity contribution in [3.05, 3.63) is 34.5 Å². The van der Waals surface area contributed by atoms with Gasteiger partial charge in [0, 0.05) is 7.05 Å². The second kappa shape index (κ2) is 4.33. The van der Waals surface area contributed by atoms with Crippen LogP contribution in [0.4, 0.5) is 5.69 Å². The van der Waals surface area contributed by atoms with Crippen LogP contribution in [0.25, 0.3) is 0 Å². The van der Waals surface area contributed by atoms with E-state index in [0.717, 1.165) is 21.8 Å². The van der Waals surface area contributed by atoms with Crippen LogP contribution >= 0.6 is 15.9 Å². The summed E-state index contributed by atoms with van der Waals surface area (Å²) < 4.78 is 8.08. The van der Waals surface area contributed by atoms with E-state index in [9.17, 15) is 0 Å². The van der Waals surface area contributed by atoms with Crippen molar-refractivity contribution in [1.82, 2.24) is 9.78 Å². The number of aryl methyl sites for hydroxylation is 1. The Morgan fingerprint density at radius 3 is 2.75 bits per heavy atom. The summed E-state index contributed by atoms with van der Waals surface area (Å²) >= 11 is 3.29. The zero-order valence-electron chi connectivity index (χ0n) is 9.49. The first-order valence-corrected chi connectivity index (χ1v) is 5.87. The van der Waals surface area contributed by atoms with Gasteiger partial charge in [-0.05, 0) is 41.9 Å². The van der Waals surface area contributed by atoms with Crippen LogP contribution in [0.5, 0.6) is 0 Å². The minimum absolute atomic E-state index is 0.120. The standard InChI is InChI=1S/C11H14BrN3O/c1-7(10-4-5-11(12)16-10)14-9-6-13-15(3)8(9)2/h4-7,14H,1-3H3/t7-/m1/s1. The maximum atomic E-state index is 5.49. The maximum Gasteiger partial charge on any atom is 0.169 e. The molecule has 0 aromatic carbocycles. The molecule has 0 unspecified atom stereocenters. The Balaban J connectivity index is 2.13. The first-order chi connectivity index (χ1) is 7.58. The minimum atomic E-state index is 0.120. The molecule has 86 valence electrons. The van der Waals surface area contributed by atoms with Crippen LogP contribution in [0.15, 0.2) is 27.4 Å². The van der Waals surface area contributed by atoms with Crippen LogP contribution in [0.3, 0.4) is 0 Å². The number of nitrogens with zero attached hydrogens (tertiary/aromatic N) is 2. The molecule has 0 fully saturated rings. The molecular weight excluding hydrogens is 270 g/mol. The van der Waals surface area contributed by atoms with Crippen LogP contribution in [0.2, 0.25) is 0 Å². The van der Waals surface area contributed by atoms with Crippen molar-refractivity contribution in [3.8, 4) is 0 Å². The quantitative estimate of drug-likeness (QED) is 0.940. The highest BCUT2D eigenvalue weighted by molar-refractivity contribution is 9.10. The molecule has 0 saturated carbocycles. The Kier molecular flexibility index (Phi) is 3.05. The Labute approximate surface area is 103 Å². The van der Waals surface area contributed by atoms with E-state index in [0.29, 0.717) is 0 Å². The van der Waals surface area contributed by atoms with Crippen LogP contribution in [0.1, 0.15) is 24.4 Å². The topological polar surface area (TPSA) is 43.0 Å². The molecule has 5 heteroatoms. The molecule has 4 nitrogen and oxygen atoms in total. The third-order valence-electron chi connectivity index (χ3n) is 2.63. The van der Waals surface area contributed by atoms with Gasteiger partial charge in [-0.25, -0.2) is 0 Å². The molecular formula is C11H14BrN3O. The Bertz CT molecular complexity index is 489. The summed E-state index contributed by atoms with van der Waals surface area (Å²) in [6, 6.07) is 3.96. The van der Waals surface area contributed by atoms with Crippen LogP contribution in [0, 0.1) is 6.92 Å². The first-order valence-electron chi connectivity index (χ1n) is 5.08. The molecule has 1 atom stereocenters. The summed E-state index contributed by atoms with van der Waals surface area (Å²) in [7, 11) is 1.93. The molecule has 2 heterocycles. The third-order valence-corrected chi connectivity index (χ3v) is 3.05. The fourth-order valence-electron chi connectivity index (χ4n) is 1.51. The van der Waals surface area contributed by atoms with E-state index >= 15 is 0 Å². The van der Waals surface area contributed by atoms with Gasteiger partial charge < -0.3 is 9.73 Å². The normalized spacial score (nSPS) is 12.8. The van der Waals surface area contributed by atoms with Gasteiger partial charge in [-0.1, -0.05) is 0 Å². The second-order valence-electron chi connectivity index (χ2n) is 3.78. The third kappa shape index (κ3) is 2.14. The van der Waals surface area contributed by atoms with Gasteiger partial charge in [0.1, 0.15) is 5.76 Å². The molecule has 0 spiro atoms. The van der Waals surface area contributed by atoms with E-state index in [4.69, 9.17) is 4.42 Å². The highest BCUT2D eigenvalue weighted by Crippen LogP contribution is 2.24. The molecule has 2 rings (SSSR count). The molecule has 0 amide bonds. The summed E-state index contributed by atoms with van der Waals surface area (Å²) in [6.07, 6.45) is 1.82. The minimum Gasteiger partial charge on any atom is -0.452 e. The Morgan fingerprint density at radius 1 is 1.50 bits per heavy atom. The zero-order chi connectivity index (χ0) is 11.7. The number of nitrogens with one attached hydrogen (secondary N) is 1. The van der Waals surface area contributed by atoms with Crippen molar-refractivity contribution in [2.75, 3.05) is 5.32 Å². The summed E-state index contributed by atoms with van der Waals surface area (Å²) in [5.74, 6) is 0.898. The highest BCUT2D eigenvalue weighted by Gasteiger charge is 2.12.